The maximum Gasteiger partial charge on any atom is 0.261 e. The number of halogens is 1. The molecule has 0 spiro atoms. The number of piperidine rings is 1. The average molecular weight is 409 g/mol. The Kier molecular flexibility index (Phi) is 7.83. The monoisotopic (exact) mass is 408 g/mol. The van der Waals surface area contributed by atoms with E-state index in [1.54, 1.807) is 23.1 Å². The first-order valence-corrected chi connectivity index (χ1v) is 9.15. The van der Waals surface area contributed by atoms with Crippen LogP contribution in [0.15, 0.2) is 39.7 Å². The lowest BCUT2D eigenvalue weighted by Gasteiger charge is -2.35. The van der Waals surface area contributed by atoms with Gasteiger partial charge in [-0.15, -0.1) is 12.4 Å². The molecule has 0 aromatic carbocycles. The zero-order valence-corrected chi connectivity index (χ0v) is 16.3. The number of carbonyl (C=O) groups is 2. The largest absolute Gasteiger partial charge is 0.463 e. The minimum absolute atomic E-state index is 0. The van der Waals surface area contributed by atoms with E-state index in [1.165, 1.54) is 12.3 Å². The van der Waals surface area contributed by atoms with Gasteiger partial charge in [-0.25, -0.2) is 0 Å². The fraction of sp³-hybridized carbons (Fsp3) is 0.421. The Balaban J connectivity index is 0.00000280. The molecule has 1 atom stereocenters. The maximum absolute atomic E-state index is 12.9. The summed E-state index contributed by atoms with van der Waals surface area (Å²) in [5.74, 6) is 0.0840. The molecule has 1 fully saturated rings. The van der Waals surface area contributed by atoms with Crippen molar-refractivity contribution in [1.29, 1.82) is 0 Å². The van der Waals surface area contributed by atoms with E-state index in [9.17, 15) is 14.4 Å². The number of aromatic nitrogens is 1. The van der Waals surface area contributed by atoms with E-state index in [4.69, 9.17) is 10.2 Å². The van der Waals surface area contributed by atoms with Crippen LogP contribution in [-0.4, -0.2) is 47.4 Å². The third kappa shape index (κ3) is 5.02. The zero-order valence-electron chi connectivity index (χ0n) is 15.5. The van der Waals surface area contributed by atoms with Crippen LogP contribution in [0.2, 0.25) is 0 Å². The molecule has 28 heavy (non-hydrogen) atoms. The van der Waals surface area contributed by atoms with E-state index in [0.29, 0.717) is 24.5 Å². The number of nitrogens with two attached hydrogens (primary N) is 1. The predicted molar refractivity (Wildman–Crippen MR) is 107 cm³/mol. The summed E-state index contributed by atoms with van der Waals surface area (Å²) in [6.45, 7) is 1.22. The summed E-state index contributed by atoms with van der Waals surface area (Å²) >= 11 is 0. The number of aromatic amines is 1. The summed E-state index contributed by atoms with van der Waals surface area (Å²) in [6.07, 6.45) is 4.42. The molecule has 1 saturated heterocycles. The maximum atomic E-state index is 12.9. The molecule has 1 aliphatic rings. The van der Waals surface area contributed by atoms with Crippen LogP contribution in [0.25, 0.3) is 11.5 Å². The first kappa shape index (κ1) is 21.7. The van der Waals surface area contributed by atoms with Crippen molar-refractivity contribution >= 4 is 24.2 Å². The normalized spacial score (nSPS) is 16.3. The van der Waals surface area contributed by atoms with Crippen molar-refractivity contribution < 1.29 is 14.0 Å². The molecule has 8 nitrogen and oxygen atoms in total. The van der Waals surface area contributed by atoms with Crippen molar-refractivity contribution in [3.8, 4) is 11.5 Å². The van der Waals surface area contributed by atoms with Crippen molar-refractivity contribution in [1.82, 2.24) is 15.2 Å². The summed E-state index contributed by atoms with van der Waals surface area (Å²) < 4.78 is 5.27. The van der Waals surface area contributed by atoms with Gasteiger partial charge in [-0.1, -0.05) is 0 Å². The molecule has 2 amide bonds. The van der Waals surface area contributed by atoms with Gasteiger partial charge in [0.1, 0.15) is 11.3 Å². The van der Waals surface area contributed by atoms with Gasteiger partial charge in [0.2, 0.25) is 5.91 Å². The Bertz CT molecular complexity index is 850. The van der Waals surface area contributed by atoms with E-state index in [1.807, 2.05) is 0 Å². The van der Waals surface area contributed by atoms with Gasteiger partial charge in [-0.3, -0.25) is 14.4 Å². The quantitative estimate of drug-likeness (QED) is 0.669. The molecule has 2 aromatic heterocycles. The molecule has 0 bridgehead atoms. The zero-order chi connectivity index (χ0) is 19.2. The highest BCUT2D eigenvalue weighted by Crippen LogP contribution is 2.20. The fourth-order valence-corrected chi connectivity index (χ4v) is 3.30. The number of amides is 2. The lowest BCUT2D eigenvalue weighted by Crippen LogP contribution is -2.50. The van der Waals surface area contributed by atoms with Crippen molar-refractivity contribution in [3.63, 3.8) is 0 Å². The first-order valence-electron chi connectivity index (χ1n) is 9.15. The van der Waals surface area contributed by atoms with Gasteiger partial charge < -0.3 is 25.4 Å². The fourth-order valence-electron chi connectivity index (χ4n) is 3.30. The third-order valence-electron chi connectivity index (χ3n) is 4.72. The molecule has 3 rings (SSSR count). The molecular weight excluding hydrogens is 384 g/mol. The highest BCUT2D eigenvalue weighted by molar-refractivity contribution is 5.94. The van der Waals surface area contributed by atoms with Crippen LogP contribution in [0.1, 0.15) is 36.0 Å². The predicted octanol–water partition coefficient (Wildman–Crippen LogP) is 1.52. The Morgan fingerprint density at radius 1 is 1.29 bits per heavy atom. The molecule has 1 aliphatic heterocycles. The number of H-pyrrole nitrogens is 1. The number of pyridine rings is 1. The van der Waals surface area contributed by atoms with Crippen molar-refractivity contribution in [2.45, 2.75) is 31.7 Å². The minimum Gasteiger partial charge on any atom is -0.463 e. The van der Waals surface area contributed by atoms with Crippen LogP contribution < -0.4 is 16.6 Å². The molecule has 152 valence electrons. The van der Waals surface area contributed by atoms with E-state index >= 15 is 0 Å². The van der Waals surface area contributed by atoms with Gasteiger partial charge in [0.25, 0.3) is 11.5 Å². The topological polar surface area (TPSA) is 121 Å². The summed E-state index contributed by atoms with van der Waals surface area (Å²) in [4.78, 5) is 41.5. The third-order valence-corrected chi connectivity index (χ3v) is 4.72. The Morgan fingerprint density at radius 3 is 2.79 bits per heavy atom. The number of nitrogens with zero attached hydrogens (tertiary/aromatic N) is 1. The number of rotatable bonds is 6. The van der Waals surface area contributed by atoms with Gasteiger partial charge in [0.15, 0.2) is 0 Å². The van der Waals surface area contributed by atoms with Crippen LogP contribution in [0.4, 0.5) is 0 Å². The van der Waals surface area contributed by atoms with Crippen LogP contribution in [0.3, 0.4) is 0 Å². The van der Waals surface area contributed by atoms with Crippen molar-refractivity contribution in [3.05, 3.63) is 46.4 Å². The van der Waals surface area contributed by atoms with Crippen LogP contribution in [-0.2, 0) is 4.79 Å². The number of carbonyl (C=O) groups excluding carboxylic acids is 2. The summed E-state index contributed by atoms with van der Waals surface area (Å²) in [7, 11) is 0. The molecule has 0 radical (unpaired) electrons. The Morgan fingerprint density at radius 2 is 2.11 bits per heavy atom. The number of furan rings is 1. The number of likely N-dealkylation sites (tertiary alicyclic amines) is 1. The van der Waals surface area contributed by atoms with Crippen LogP contribution in [0, 0.1) is 0 Å². The second-order valence-corrected chi connectivity index (χ2v) is 6.58. The number of hydrogen-bond donors (Lipinski definition) is 3. The van der Waals surface area contributed by atoms with E-state index in [2.05, 4.69) is 10.3 Å². The summed E-state index contributed by atoms with van der Waals surface area (Å²) in [5.41, 5.74) is 5.54. The first-order chi connectivity index (χ1) is 13.1. The average Bonchev–Trinajstić information content (AvgIpc) is 3.21. The second kappa shape index (κ2) is 10.1. The summed E-state index contributed by atoms with van der Waals surface area (Å²) in [5, 5.41) is 2.82. The van der Waals surface area contributed by atoms with E-state index < -0.39 is 5.56 Å². The lowest BCUT2D eigenvalue weighted by atomic mass is 10.0. The second-order valence-electron chi connectivity index (χ2n) is 6.58. The number of nitrogens with one attached hydrogen (secondary N) is 2. The summed E-state index contributed by atoms with van der Waals surface area (Å²) in [6, 6.07) is 6.52. The van der Waals surface area contributed by atoms with Crippen LogP contribution in [0.5, 0.6) is 0 Å². The molecule has 4 N–H and O–H groups in total. The van der Waals surface area contributed by atoms with Crippen molar-refractivity contribution in [2.75, 3.05) is 19.6 Å². The number of hydrogen-bond acceptors (Lipinski definition) is 5. The van der Waals surface area contributed by atoms with Gasteiger partial charge in [0, 0.05) is 32.1 Å². The molecule has 0 aliphatic carbocycles. The van der Waals surface area contributed by atoms with Crippen molar-refractivity contribution in [2.24, 2.45) is 5.73 Å². The highest BCUT2D eigenvalue weighted by atomic mass is 35.5. The SMILES string of the molecule is Cl.NCCC(=O)NCC1CCCCN1C(=O)c1ccc(-c2ccco2)[nH]c1=O. The smallest absolute Gasteiger partial charge is 0.261 e. The highest BCUT2D eigenvalue weighted by Gasteiger charge is 2.29. The van der Waals surface area contributed by atoms with Gasteiger partial charge in [0.05, 0.1) is 12.0 Å². The van der Waals surface area contributed by atoms with Gasteiger partial charge in [-0.2, -0.15) is 0 Å². The molecule has 3 heterocycles. The molecule has 2 aromatic rings. The molecule has 1 unspecified atom stereocenters. The standard InChI is InChI=1S/C19H24N4O4.ClH/c20-9-8-17(24)21-12-13-4-1-2-10-23(13)19(26)14-6-7-15(22-18(14)25)16-5-3-11-27-16;/h3,5-7,11,13H,1-2,4,8-10,12,20H2,(H,21,24)(H,22,25);1H. The molecular formula is C19H25ClN4O4. The van der Waals surface area contributed by atoms with E-state index in [0.717, 1.165) is 19.3 Å². The van der Waals surface area contributed by atoms with Gasteiger partial charge >= 0.3 is 0 Å². The molecule has 9 heteroatoms. The minimum atomic E-state index is -0.453. The van der Waals surface area contributed by atoms with E-state index in [-0.39, 0.29) is 48.8 Å². The van der Waals surface area contributed by atoms with Crippen LogP contribution >= 0.6 is 12.4 Å². The lowest BCUT2D eigenvalue weighted by molar-refractivity contribution is -0.121. The molecule has 0 saturated carbocycles. The Labute approximate surface area is 168 Å². The Hall–Kier alpha value is -2.58. The van der Waals surface area contributed by atoms with Gasteiger partial charge in [-0.05, 0) is 43.5 Å².